The minimum atomic E-state index is -0.222. The predicted molar refractivity (Wildman–Crippen MR) is 134 cm³/mol. The fourth-order valence-corrected chi connectivity index (χ4v) is 4.88. The molecule has 1 aliphatic heterocycles. The third-order valence-electron chi connectivity index (χ3n) is 6.50. The van der Waals surface area contributed by atoms with Crippen molar-refractivity contribution >= 4 is 5.65 Å². The van der Waals surface area contributed by atoms with Crippen molar-refractivity contribution < 1.29 is 9.84 Å². The van der Waals surface area contributed by atoms with E-state index in [2.05, 4.69) is 22.2 Å². The lowest BCUT2D eigenvalue weighted by molar-refractivity contribution is 0.402. The van der Waals surface area contributed by atoms with Crippen LogP contribution in [0.25, 0.3) is 22.7 Å². The van der Waals surface area contributed by atoms with Crippen LogP contribution in [-0.2, 0) is 0 Å². The Balaban J connectivity index is 1.50. The Morgan fingerprint density at radius 2 is 1.56 bits per heavy atom. The molecule has 0 saturated carbocycles. The van der Waals surface area contributed by atoms with Gasteiger partial charge in [0.1, 0.15) is 12.1 Å². The molecule has 0 radical (unpaired) electrons. The van der Waals surface area contributed by atoms with Crippen LogP contribution in [-0.4, -0.2) is 34.5 Å². The first-order valence-electron chi connectivity index (χ1n) is 11.6. The molecule has 1 unspecified atom stereocenters. The zero-order valence-electron chi connectivity index (χ0n) is 19.3. The number of nitrogens with zero attached hydrogens (tertiary/aromatic N) is 6. The molecule has 0 saturated heterocycles. The van der Waals surface area contributed by atoms with E-state index < -0.39 is 0 Å². The van der Waals surface area contributed by atoms with Gasteiger partial charge in [-0.2, -0.15) is 5.10 Å². The van der Waals surface area contributed by atoms with Crippen LogP contribution < -0.4 is 4.74 Å². The van der Waals surface area contributed by atoms with Gasteiger partial charge in [0, 0.05) is 0 Å². The summed E-state index contributed by atoms with van der Waals surface area (Å²) in [6.07, 6.45) is 1.59. The van der Waals surface area contributed by atoms with E-state index >= 15 is 0 Å². The number of hydrogen-bond acceptors (Lipinski definition) is 6. The lowest BCUT2D eigenvalue weighted by Crippen LogP contribution is -2.16. The molecule has 6 aromatic rings. The first-order chi connectivity index (χ1) is 17.7. The van der Waals surface area contributed by atoms with E-state index in [1.54, 1.807) is 29.0 Å². The van der Waals surface area contributed by atoms with Gasteiger partial charge in [0.25, 0.3) is 0 Å². The summed E-state index contributed by atoms with van der Waals surface area (Å²) in [6.45, 7) is 1.99. The summed E-state index contributed by atoms with van der Waals surface area (Å²) in [4.78, 5) is 9.48. The summed E-state index contributed by atoms with van der Waals surface area (Å²) in [6, 6.07) is 27.2. The molecule has 8 nitrogen and oxygen atoms in total. The van der Waals surface area contributed by atoms with E-state index in [9.17, 15) is 5.11 Å². The summed E-state index contributed by atoms with van der Waals surface area (Å²) in [5, 5.41) is 19.9. The molecule has 3 aromatic heterocycles. The van der Waals surface area contributed by atoms with Crippen molar-refractivity contribution in [2.45, 2.75) is 12.8 Å². The molecule has 1 aliphatic rings. The Morgan fingerprint density at radius 3 is 2.33 bits per heavy atom. The largest absolute Gasteiger partial charge is 0.507 e. The number of hydrogen-bond donors (Lipinski definition) is 1. The van der Waals surface area contributed by atoms with Gasteiger partial charge >= 0.3 is 0 Å². The summed E-state index contributed by atoms with van der Waals surface area (Å²) in [5.74, 6) is 1.40. The fourth-order valence-electron chi connectivity index (χ4n) is 4.88. The molecule has 0 amide bonds. The van der Waals surface area contributed by atoms with E-state index in [0.29, 0.717) is 28.8 Å². The zero-order chi connectivity index (χ0) is 24.2. The lowest BCUT2D eigenvalue weighted by atomic mass is 9.84. The van der Waals surface area contributed by atoms with E-state index in [1.165, 1.54) is 0 Å². The van der Waals surface area contributed by atoms with Crippen LogP contribution in [0.3, 0.4) is 0 Å². The van der Waals surface area contributed by atoms with Crippen LogP contribution in [0.1, 0.15) is 28.3 Å². The first kappa shape index (κ1) is 20.4. The van der Waals surface area contributed by atoms with Gasteiger partial charge in [-0.1, -0.05) is 60.7 Å². The van der Waals surface area contributed by atoms with E-state index in [4.69, 9.17) is 14.8 Å². The molecule has 36 heavy (non-hydrogen) atoms. The van der Waals surface area contributed by atoms with Gasteiger partial charge in [0.2, 0.25) is 11.8 Å². The maximum atomic E-state index is 10.4. The smallest absolute Gasteiger partial charge is 0.230 e. The number of rotatable bonds is 3. The summed E-state index contributed by atoms with van der Waals surface area (Å²) < 4.78 is 9.91. The van der Waals surface area contributed by atoms with E-state index in [-0.39, 0.29) is 11.7 Å². The zero-order valence-corrected chi connectivity index (χ0v) is 19.3. The van der Waals surface area contributed by atoms with Crippen molar-refractivity contribution in [2.75, 3.05) is 0 Å². The van der Waals surface area contributed by atoms with Crippen LogP contribution in [0.2, 0.25) is 0 Å². The number of phenols is 1. The molecule has 1 N–H and O–H groups in total. The van der Waals surface area contributed by atoms with Gasteiger partial charge < -0.3 is 9.84 Å². The van der Waals surface area contributed by atoms with Crippen molar-refractivity contribution in [1.82, 2.24) is 29.4 Å². The van der Waals surface area contributed by atoms with Gasteiger partial charge in [0.05, 0.1) is 34.0 Å². The summed E-state index contributed by atoms with van der Waals surface area (Å²) >= 11 is 0. The third kappa shape index (κ3) is 3.01. The number of aromatic hydroxyl groups is 1. The van der Waals surface area contributed by atoms with Crippen molar-refractivity contribution in [3.8, 4) is 34.6 Å². The number of para-hydroxylation sites is 2. The van der Waals surface area contributed by atoms with Crippen LogP contribution >= 0.6 is 0 Å². The van der Waals surface area contributed by atoms with Crippen molar-refractivity contribution in [3.05, 3.63) is 114 Å². The minimum Gasteiger partial charge on any atom is -0.507 e. The molecular formula is C28H20N6O2. The number of aryl methyl sites for hydroxylation is 1. The number of phenolic OH excluding ortho intramolecular Hbond substituents is 1. The maximum Gasteiger partial charge on any atom is 0.230 e. The number of fused-ring (bicyclic) bond motifs is 4. The molecule has 8 heteroatoms. The highest BCUT2D eigenvalue weighted by molar-refractivity contribution is 5.70. The quantitative estimate of drug-likeness (QED) is 0.376. The van der Waals surface area contributed by atoms with Crippen LogP contribution in [0, 0.1) is 6.92 Å². The molecule has 0 aliphatic carbocycles. The summed E-state index contributed by atoms with van der Waals surface area (Å²) in [7, 11) is 0. The highest BCUT2D eigenvalue weighted by Crippen LogP contribution is 2.49. The number of aromatic nitrogens is 6. The third-order valence-corrected chi connectivity index (χ3v) is 6.50. The average Bonchev–Trinajstić information content (AvgIpc) is 3.50. The molecule has 0 bridgehead atoms. The van der Waals surface area contributed by atoms with E-state index in [1.807, 2.05) is 66.2 Å². The van der Waals surface area contributed by atoms with Crippen molar-refractivity contribution in [1.29, 1.82) is 0 Å². The van der Waals surface area contributed by atoms with Gasteiger partial charge in [-0.3, -0.25) is 0 Å². The SMILES string of the molecule is Cc1nn(-c2ccccc2)c2c1C(c1ccccc1)c1c(ncn3nc(-c4ccccc4O)nc13)O2. The second-order valence-electron chi connectivity index (χ2n) is 8.68. The Kier molecular flexibility index (Phi) is 4.41. The molecule has 174 valence electrons. The van der Waals surface area contributed by atoms with Gasteiger partial charge in [-0.15, -0.1) is 5.10 Å². The molecule has 4 heterocycles. The molecule has 1 atom stereocenters. The highest BCUT2D eigenvalue weighted by atomic mass is 16.5. The summed E-state index contributed by atoms with van der Waals surface area (Å²) in [5.41, 5.74) is 5.77. The topological polar surface area (TPSA) is 90.4 Å². The van der Waals surface area contributed by atoms with Crippen LogP contribution in [0.4, 0.5) is 0 Å². The Hall–Kier alpha value is -4.98. The lowest BCUT2D eigenvalue weighted by Gasteiger charge is -2.26. The van der Waals surface area contributed by atoms with Crippen LogP contribution in [0.5, 0.6) is 17.5 Å². The molecule has 3 aromatic carbocycles. The molecule has 0 spiro atoms. The van der Waals surface area contributed by atoms with Crippen molar-refractivity contribution in [2.24, 2.45) is 0 Å². The Morgan fingerprint density at radius 1 is 0.833 bits per heavy atom. The van der Waals surface area contributed by atoms with Gasteiger partial charge in [-0.05, 0) is 36.8 Å². The number of benzene rings is 3. The fraction of sp³-hybridized carbons (Fsp3) is 0.0714. The van der Waals surface area contributed by atoms with E-state index in [0.717, 1.165) is 28.1 Å². The monoisotopic (exact) mass is 472 g/mol. The molecular weight excluding hydrogens is 452 g/mol. The maximum absolute atomic E-state index is 10.4. The van der Waals surface area contributed by atoms with Crippen LogP contribution in [0.15, 0.2) is 91.3 Å². The Labute approximate surface area is 206 Å². The predicted octanol–water partition coefficient (Wildman–Crippen LogP) is 5.28. The molecule has 0 fully saturated rings. The van der Waals surface area contributed by atoms with Gasteiger partial charge in [0.15, 0.2) is 11.5 Å². The minimum absolute atomic E-state index is 0.119. The Bertz CT molecular complexity index is 1740. The second kappa shape index (κ2) is 7.78. The molecule has 7 rings (SSSR count). The number of ether oxygens (including phenoxy) is 1. The highest BCUT2D eigenvalue weighted by Gasteiger charge is 2.38. The normalized spacial score (nSPS) is 14.3. The second-order valence-corrected chi connectivity index (χ2v) is 8.68. The average molecular weight is 473 g/mol. The van der Waals surface area contributed by atoms with Gasteiger partial charge in [-0.25, -0.2) is 19.2 Å². The standard InChI is InChI=1S/C28H20N6O2/c1-17-22-23(18-10-4-2-5-11-18)24-26-30-25(20-14-8-9-15-21(20)35)32-33(26)16-29-27(24)36-28(22)34(31-17)19-12-6-3-7-13-19/h2-16,23,35H,1H3. The first-order valence-corrected chi connectivity index (χ1v) is 11.6. The van der Waals surface area contributed by atoms with Crippen molar-refractivity contribution in [3.63, 3.8) is 0 Å².